The van der Waals surface area contributed by atoms with Crippen molar-refractivity contribution in [2.45, 2.75) is 6.42 Å². The van der Waals surface area contributed by atoms with Crippen molar-refractivity contribution >= 4 is 17.4 Å². The van der Waals surface area contributed by atoms with Crippen LogP contribution in [0.4, 0.5) is 10.2 Å². The second-order valence-corrected chi connectivity index (χ2v) is 7.98. The fourth-order valence-corrected chi connectivity index (χ4v) is 4.21. The fourth-order valence-electron chi connectivity index (χ4n) is 4.21. The maximum Gasteiger partial charge on any atom is 0.242 e. The Kier molecular flexibility index (Phi) is 5.89. The summed E-state index contributed by atoms with van der Waals surface area (Å²) >= 11 is 0. The Bertz CT molecular complexity index is 1240. The monoisotopic (exact) mass is 444 g/mol. The van der Waals surface area contributed by atoms with Crippen LogP contribution in [0.25, 0.3) is 16.9 Å². The van der Waals surface area contributed by atoms with Crippen LogP contribution in [0.5, 0.6) is 0 Å². The van der Waals surface area contributed by atoms with Gasteiger partial charge in [-0.15, -0.1) is 0 Å². The topological polar surface area (TPSA) is 65.8 Å². The first-order valence-corrected chi connectivity index (χ1v) is 11.1. The normalized spacial score (nSPS) is 16.4. The van der Waals surface area contributed by atoms with Crippen molar-refractivity contribution in [1.82, 2.24) is 24.2 Å². The van der Waals surface area contributed by atoms with E-state index in [0.29, 0.717) is 43.9 Å². The van der Waals surface area contributed by atoms with Gasteiger partial charge in [-0.05, 0) is 6.08 Å². The lowest BCUT2D eigenvalue weighted by atomic mass is 10.1. The molecule has 168 valence electrons. The molecule has 8 heteroatoms. The number of halogens is 1. The van der Waals surface area contributed by atoms with Gasteiger partial charge in [0.2, 0.25) is 5.91 Å². The smallest absolute Gasteiger partial charge is 0.242 e. The number of aromatic nitrogens is 3. The van der Waals surface area contributed by atoms with Gasteiger partial charge in [0.05, 0.1) is 18.4 Å². The lowest BCUT2D eigenvalue weighted by Gasteiger charge is -2.36. The van der Waals surface area contributed by atoms with Crippen LogP contribution < -0.4 is 5.32 Å². The average molecular weight is 445 g/mol. The number of nitrogens with one attached hydrogen (secondary N) is 1. The third kappa shape index (κ3) is 4.37. The zero-order valence-electron chi connectivity index (χ0n) is 18.2. The highest BCUT2D eigenvalue weighted by molar-refractivity contribution is 5.83. The van der Waals surface area contributed by atoms with Crippen LogP contribution in [0.2, 0.25) is 0 Å². The molecular formula is C25H25FN6O. The molecule has 1 aliphatic carbocycles. The summed E-state index contributed by atoms with van der Waals surface area (Å²) in [5.41, 5.74) is 3.07. The minimum atomic E-state index is -0.128. The van der Waals surface area contributed by atoms with E-state index in [0.717, 1.165) is 17.1 Å². The summed E-state index contributed by atoms with van der Waals surface area (Å²) < 4.78 is 16.3. The van der Waals surface area contributed by atoms with Crippen molar-refractivity contribution in [3.8, 4) is 11.3 Å². The van der Waals surface area contributed by atoms with E-state index in [1.807, 2.05) is 75.0 Å². The zero-order valence-corrected chi connectivity index (χ0v) is 18.2. The van der Waals surface area contributed by atoms with E-state index in [1.54, 1.807) is 12.4 Å². The van der Waals surface area contributed by atoms with Gasteiger partial charge < -0.3 is 15.1 Å². The highest BCUT2D eigenvalue weighted by atomic mass is 19.1. The van der Waals surface area contributed by atoms with E-state index < -0.39 is 0 Å². The highest BCUT2D eigenvalue weighted by Gasteiger charge is 2.24. The average Bonchev–Trinajstić information content (AvgIpc) is 3.10. The summed E-state index contributed by atoms with van der Waals surface area (Å²) in [6.45, 7) is 2.48. The van der Waals surface area contributed by atoms with Crippen LogP contribution >= 0.6 is 0 Å². The molecule has 3 heterocycles. The molecule has 1 saturated heterocycles. The summed E-state index contributed by atoms with van der Waals surface area (Å²) in [5.74, 6) is 0.635. The van der Waals surface area contributed by atoms with E-state index in [2.05, 4.69) is 10.3 Å². The summed E-state index contributed by atoms with van der Waals surface area (Å²) in [5, 5.41) is 3.30. The van der Waals surface area contributed by atoms with Gasteiger partial charge in [-0.2, -0.15) is 0 Å². The van der Waals surface area contributed by atoms with E-state index in [9.17, 15) is 9.18 Å². The number of imidazole rings is 1. The molecule has 3 aromatic rings. The highest BCUT2D eigenvalue weighted by Crippen LogP contribution is 2.28. The number of rotatable bonds is 5. The minimum absolute atomic E-state index is 0.00481. The van der Waals surface area contributed by atoms with Crippen LogP contribution in [0.3, 0.4) is 0 Å². The number of nitrogens with zero attached hydrogens (tertiary/aromatic N) is 5. The molecule has 33 heavy (non-hydrogen) atoms. The number of hydrogen-bond acceptors (Lipinski definition) is 5. The van der Waals surface area contributed by atoms with Crippen molar-refractivity contribution in [3.05, 3.63) is 84.8 Å². The first-order valence-electron chi connectivity index (χ1n) is 11.1. The SMILES string of the molecule is O=C(CNc1c(-c2ccccc2)nc2cnccn12)N1CCN(C2=C(F)CC=CC=C2)CC1. The Labute approximate surface area is 191 Å². The van der Waals surface area contributed by atoms with Crippen molar-refractivity contribution < 1.29 is 9.18 Å². The van der Waals surface area contributed by atoms with E-state index in [4.69, 9.17) is 4.98 Å². The maximum atomic E-state index is 14.4. The van der Waals surface area contributed by atoms with Crippen LogP contribution in [-0.2, 0) is 4.79 Å². The number of amides is 1. The van der Waals surface area contributed by atoms with Gasteiger partial charge in [-0.1, -0.05) is 48.6 Å². The van der Waals surface area contributed by atoms with Crippen molar-refractivity contribution in [2.24, 2.45) is 0 Å². The van der Waals surface area contributed by atoms with Gasteiger partial charge in [0.15, 0.2) is 5.65 Å². The number of carbonyl (C=O) groups is 1. The molecule has 2 aliphatic rings. The number of hydrogen-bond donors (Lipinski definition) is 1. The van der Waals surface area contributed by atoms with Gasteiger partial charge in [0.1, 0.15) is 17.3 Å². The van der Waals surface area contributed by atoms with Gasteiger partial charge in [0.25, 0.3) is 0 Å². The molecule has 1 fully saturated rings. The molecule has 1 N–H and O–H groups in total. The third-order valence-corrected chi connectivity index (χ3v) is 5.93. The number of allylic oxidation sites excluding steroid dienone is 5. The first-order chi connectivity index (χ1) is 16.2. The van der Waals surface area contributed by atoms with Gasteiger partial charge in [0, 0.05) is 50.6 Å². The van der Waals surface area contributed by atoms with Gasteiger partial charge >= 0.3 is 0 Å². The summed E-state index contributed by atoms with van der Waals surface area (Å²) in [6, 6.07) is 9.87. The molecule has 0 atom stereocenters. The Morgan fingerprint density at radius 3 is 2.73 bits per heavy atom. The van der Waals surface area contributed by atoms with E-state index >= 15 is 0 Å². The van der Waals surface area contributed by atoms with E-state index in [-0.39, 0.29) is 18.3 Å². The number of anilines is 1. The maximum absolute atomic E-state index is 14.4. The predicted octanol–water partition coefficient (Wildman–Crippen LogP) is 3.65. The molecule has 0 unspecified atom stereocenters. The summed E-state index contributed by atoms with van der Waals surface area (Å²) in [7, 11) is 0. The number of benzene rings is 1. The number of carbonyl (C=O) groups excluding carboxylic acids is 1. The van der Waals surface area contributed by atoms with Crippen molar-refractivity contribution in [2.75, 3.05) is 38.0 Å². The minimum Gasteiger partial charge on any atom is -0.366 e. The van der Waals surface area contributed by atoms with Crippen molar-refractivity contribution in [3.63, 3.8) is 0 Å². The molecule has 5 rings (SSSR count). The van der Waals surface area contributed by atoms with Gasteiger partial charge in [-0.3, -0.25) is 14.2 Å². The lowest BCUT2D eigenvalue weighted by Crippen LogP contribution is -2.49. The third-order valence-electron chi connectivity index (χ3n) is 5.93. The van der Waals surface area contributed by atoms with Crippen molar-refractivity contribution in [1.29, 1.82) is 0 Å². The molecule has 1 amide bonds. The Balaban J connectivity index is 1.27. The Morgan fingerprint density at radius 1 is 1.09 bits per heavy atom. The number of piperazine rings is 1. The molecule has 0 radical (unpaired) electrons. The molecule has 1 aromatic carbocycles. The fraction of sp³-hybridized carbons (Fsp3) is 0.240. The molecular weight excluding hydrogens is 419 g/mol. The molecule has 2 aromatic heterocycles. The lowest BCUT2D eigenvalue weighted by molar-refractivity contribution is -0.130. The number of fused-ring (bicyclic) bond motifs is 1. The first kappa shape index (κ1) is 20.9. The second-order valence-electron chi connectivity index (χ2n) is 7.98. The molecule has 7 nitrogen and oxygen atoms in total. The second kappa shape index (κ2) is 9.28. The largest absolute Gasteiger partial charge is 0.366 e. The quantitative estimate of drug-likeness (QED) is 0.651. The predicted molar refractivity (Wildman–Crippen MR) is 126 cm³/mol. The standard InChI is InChI=1S/C25H25FN6O/c26-20-9-5-2-6-10-21(20)30-13-15-31(16-14-30)23(33)18-28-25-24(19-7-3-1-4-8-19)29-22-17-27-11-12-32(22)25/h1-8,10-12,17,28H,9,13-16,18H2. The van der Waals surface area contributed by atoms with Crippen LogP contribution in [0.1, 0.15) is 6.42 Å². The van der Waals surface area contributed by atoms with Crippen LogP contribution in [-0.4, -0.2) is 62.8 Å². The summed E-state index contributed by atoms with van der Waals surface area (Å²) in [4.78, 5) is 25.7. The Hall–Kier alpha value is -3.94. The summed E-state index contributed by atoms with van der Waals surface area (Å²) in [6.07, 6.45) is 12.9. The molecule has 0 spiro atoms. The van der Waals surface area contributed by atoms with Gasteiger partial charge in [-0.25, -0.2) is 9.37 Å². The zero-order chi connectivity index (χ0) is 22.6. The van der Waals surface area contributed by atoms with E-state index in [1.165, 1.54) is 0 Å². The molecule has 1 aliphatic heterocycles. The van der Waals surface area contributed by atoms with Crippen LogP contribution in [0, 0.1) is 0 Å². The Morgan fingerprint density at radius 2 is 1.91 bits per heavy atom. The van der Waals surface area contributed by atoms with Crippen LogP contribution in [0.15, 0.2) is 84.8 Å². The molecule has 0 bridgehead atoms. The molecule has 0 saturated carbocycles.